The summed E-state index contributed by atoms with van der Waals surface area (Å²) >= 11 is 0. The summed E-state index contributed by atoms with van der Waals surface area (Å²) in [6, 6.07) is -2.89. The monoisotopic (exact) mass is 630 g/mol. The lowest BCUT2D eigenvalue weighted by atomic mass is 9.84. The number of piperidine rings is 2. The van der Waals surface area contributed by atoms with E-state index in [9.17, 15) is 28.8 Å². The van der Waals surface area contributed by atoms with Crippen LogP contribution in [0.3, 0.4) is 0 Å². The largest absolute Gasteiger partial charge is 0.333 e. The third kappa shape index (κ3) is 6.84. The number of nitrogens with zero attached hydrogens (tertiary/aromatic N) is 3. The number of hydrazine groups is 1. The Labute approximate surface area is 267 Å². The maximum absolute atomic E-state index is 14.3. The first kappa shape index (κ1) is 34.7. The molecule has 2 unspecified atom stereocenters. The van der Waals surface area contributed by atoms with E-state index < -0.39 is 40.9 Å². The van der Waals surface area contributed by atoms with Crippen LogP contribution >= 0.6 is 0 Å². The highest BCUT2D eigenvalue weighted by molar-refractivity contribution is 6.01. The van der Waals surface area contributed by atoms with Crippen LogP contribution in [0.2, 0.25) is 0 Å². The molecule has 0 aromatic carbocycles. The number of carbonyl (C=O) groups excluding carboxylic acids is 6. The van der Waals surface area contributed by atoms with Gasteiger partial charge in [-0.1, -0.05) is 62.3 Å². The van der Waals surface area contributed by atoms with Crippen molar-refractivity contribution in [2.24, 2.45) is 39.9 Å². The second-order valence-electron chi connectivity index (χ2n) is 16.4. The second-order valence-corrected chi connectivity index (χ2v) is 16.4. The summed E-state index contributed by atoms with van der Waals surface area (Å²) in [6.07, 6.45) is 2.70. The van der Waals surface area contributed by atoms with Crippen LogP contribution in [0.4, 0.5) is 4.79 Å². The van der Waals surface area contributed by atoms with E-state index in [0.717, 1.165) is 12.8 Å². The van der Waals surface area contributed by atoms with E-state index in [4.69, 9.17) is 0 Å². The van der Waals surface area contributed by atoms with Crippen LogP contribution in [-0.4, -0.2) is 88.1 Å². The third-order valence-electron chi connectivity index (χ3n) is 10.6. The molecule has 12 nitrogen and oxygen atoms in total. The minimum Gasteiger partial charge on any atom is -0.333 e. The molecular formula is C33H54N6O6. The van der Waals surface area contributed by atoms with E-state index in [2.05, 4.69) is 29.9 Å². The fourth-order valence-corrected chi connectivity index (χ4v) is 7.55. The summed E-state index contributed by atoms with van der Waals surface area (Å²) in [5, 5.41) is 7.15. The number of amides is 7. The lowest BCUT2D eigenvalue weighted by Crippen LogP contribution is -2.63. The molecule has 0 aromatic heterocycles. The topological polar surface area (TPSA) is 148 Å². The highest BCUT2D eigenvalue weighted by Crippen LogP contribution is 2.65. The van der Waals surface area contributed by atoms with Crippen LogP contribution in [0.25, 0.3) is 0 Å². The van der Waals surface area contributed by atoms with Crippen molar-refractivity contribution in [2.45, 2.75) is 113 Å². The zero-order chi connectivity index (χ0) is 33.8. The number of urea groups is 1. The summed E-state index contributed by atoms with van der Waals surface area (Å²) in [5.74, 6) is -1.61. The molecule has 0 aromatic rings. The van der Waals surface area contributed by atoms with E-state index >= 15 is 0 Å². The number of nitrogens with one attached hydrogen (secondary N) is 3. The molecule has 12 heteroatoms. The number of carbonyl (C=O) groups is 6. The van der Waals surface area contributed by atoms with Gasteiger partial charge < -0.3 is 15.5 Å². The molecule has 4 fully saturated rings. The van der Waals surface area contributed by atoms with Crippen molar-refractivity contribution < 1.29 is 28.8 Å². The van der Waals surface area contributed by atoms with Crippen molar-refractivity contribution in [1.29, 1.82) is 0 Å². The van der Waals surface area contributed by atoms with Crippen LogP contribution in [0, 0.1) is 39.9 Å². The molecule has 45 heavy (non-hydrogen) atoms. The maximum atomic E-state index is 14.3. The van der Waals surface area contributed by atoms with Crippen molar-refractivity contribution in [3.8, 4) is 0 Å². The van der Waals surface area contributed by atoms with E-state index in [1.807, 2.05) is 48.5 Å². The molecular weight excluding hydrogens is 576 g/mol. The molecule has 2 heterocycles. The van der Waals surface area contributed by atoms with E-state index in [1.54, 1.807) is 4.90 Å². The van der Waals surface area contributed by atoms with E-state index in [0.29, 0.717) is 25.9 Å². The number of rotatable bonds is 8. The molecule has 2 aliphatic heterocycles. The van der Waals surface area contributed by atoms with Gasteiger partial charge in [0.15, 0.2) is 0 Å². The Balaban J connectivity index is 1.51. The van der Waals surface area contributed by atoms with Crippen LogP contribution in [0.15, 0.2) is 0 Å². The summed E-state index contributed by atoms with van der Waals surface area (Å²) in [5.41, 5.74) is 1.41. The Bertz CT molecular complexity index is 1210. The highest BCUT2D eigenvalue weighted by Gasteiger charge is 2.70. The molecule has 0 spiro atoms. The first-order valence-electron chi connectivity index (χ1n) is 16.5. The van der Waals surface area contributed by atoms with Gasteiger partial charge in [-0.05, 0) is 53.8 Å². The standard InChI is InChI=1S/C33H54N6O6/c1-11-14-39(18(2)40)36-26(41)24-23-21(33(23,9)10)16-37(24)29(44)25(32(6,7)8)35-30(45)34-22(31(3,4)5)17-38-27(42)19-12-13-20(15-19)28(38)43/h19-25H,11-17H2,1-10H3,(H,36,41)(H2,34,35,45)/t19?,20?,21-,22+,23-,24-,25+/m0/s1. The molecule has 4 aliphatic rings. The SMILES string of the molecule is CCCN(NC(=O)[C@@H]1[C@@H]2[C@H](CN1C(=O)[C@@H](NC(=O)N[C@H](CN1C(=O)C3CCC(C3)C1=O)C(C)(C)C)C(C)(C)C)C2(C)C)C(C)=O. The lowest BCUT2D eigenvalue weighted by molar-refractivity contribution is -0.153. The zero-order valence-corrected chi connectivity index (χ0v) is 28.8. The van der Waals surface area contributed by atoms with E-state index in [-0.39, 0.29) is 59.3 Å². The van der Waals surface area contributed by atoms with Gasteiger partial charge in [0.25, 0.3) is 5.91 Å². The number of hydrogen-bond donors (Lipinski definition) is 3. The minimum absolute atomic E-state index is 0.0624. The van der Waals surface area contributed by atoms with Crippen LogP contribution in [0.5, 0.6) is 0 Å². The highest BCUT2D eigenvalue weighted by atomic mass is 16.2. The van der Waals surface area contributed by atoms with Gasteiger partial charge in [-0.25, -0.2) is 4.79 Å². The zero-order valence-electron chi connectivity index (χ0n) is 28.8. The average molecular weight is 631 g/mol. The van der Waals surface area contributed by atoms with E-state index in [1.165, 1.54) is 16.8 Å². The summed E-state index contributed by atoms with van der Waals surface area (Å²) in [7, 11) is 0. The Morgan fingerprint density at radius 1 is 0.956 bits per heavy atom. The van der Waals surface area contributed by atoms with Crippen LogP contribution in [0.1, 0.15) is 94.9 Å². The maximum Gasteiger partial charge on any atom is 0.315 e. The molecule has 7 atom stereocenters. The smallest absolute Gasteiger partial charge is 0.315 e. The normalized spacial score (nSPS) is 28.3. The predicted molar refractivity (Wildman–Crippen MR) is 168 cm³/mol. The van der Waals surface area contributed by atoms with Gasteiger partial charge in [-0.2, -0.15) is 0 Å². The Hall–Kier alpha value is -3.18. The summed E-state index contributed by atoms with van der Waals surface area (Å²) in [6.45, 7) is 19.6. The van der Waals surface area contributed by atoms with Gasteiger partial charge in [-0.3, -0.25) is 39.3 Å². The van der Waals surface area contributed by atoms with Crippen molar-refractivity contribution in [3.63, 3.8) is 0 Å². The average Bonchev–Trinajstić information content (AvgIpc) is 3.31. The number of likely N-dealkylation sites (tertiary alicyclic amines) is 2. The molecule has 7 amide bonds. The Morgan fingerprint density at radius 2 is 1.53 bits per heavy atom. The molecule has 0 radical (unpaired) electrons. The van der Waals surface area contributed by atoms with Crippen molar-refractivity contribution in [3.05, 3.63) is 0 Å². The predicted octanol–water partition coefficient (Wildman–Crippen LogP) is 2.67. The summed E-state index contributed by atoms with van der Waals surface area (Å²) in [4.78, 5) is 82.7. The van der Waals surface area contributed by atoms with Gasteiger partial charge in [-0.15, -0.1) is 0 Å². The molecule has 4 rings (SSSR count). The first-order chi connectivity index (χ1) is 20.7. The fraction of sp³-hybridized carbons (Fsp3) is 0.818. The molecule has 2 saturated carbocycles. The van der Waals surface area contributed by atoms with Gasteiger partial charge in [0.05, 0.1) is 6.04 Å². The first-order valence-corrected chi connectivity index (χ1v) is 16.5. The quantitative estimate of drug-likeness (QED) is 0.278. The molecule has 2 bridgehead atoms. The van der Waals surface area contributed by atoms with Crippen molar-refractivity contribution in [2.75, 3.05) is 19.6 Å². The lowest BCUT2D eigenvalue weighted by Gasteiger charge is -2.40. The number of fused-ring (bicyclic) bond motifs is 3. The Morgan fingerprint density at radius 3 is 2.02 bits per heavy atom. The number of imide groups is 1. The second kappa shape index (κ2) is 12.2. The summed E-state index contributed by atoms with van der Waals surface area (Å²) < 4.78 is 0. The fourth-order valence-electron chi connectivity index (χ4n) is 7.55. The van der Waals surface area contributed by atoms with Gasteiger partial charge in [0, 0.05) is 38.4 Å². The van der Waals surface area contributed by atoms with Crippen LogP contribution < -0.4 is 16.1 Å². The van der Waals surface area contributed by atoms with Gasteiger partial charge in [0.1, 0.15) is 12.1 Å². The Kier molecular flexibility index (Phi) is 9.41. The molecule has 2 saturated heterocycles. The minimum atomic E-state index is -0.970. The van der Waals surface area contributed by atoms with Crippen molar-refractivity contribution in [1.82, 2.24) is 30.9 Å². The molecule has 252 valence electrons. The van der Waals surface area contributed by atoms with Gasteiger partial charge in [0.2, 0.25) is 23.6 Å². The molecule has 2 aliphatic carbocycles. The number of hydrogen-bond acceptors (Lipinski definition) is 6. The van der Waals surface area contributed by atoms with Crippen LogP contribution in [-0.2, 0) is 24.0 Å². The van der Waals surface area contributed by atoms with Gasteiger partial charge >= 0.3 is 6.03 Å². The molecule has 3 N–H and O–H groups in total. The third-order valence-corrected chi connectivity index (χ3v) is 10.6. The van der Waals surface area contributed by atoms with Crippen molar-refractivity contribution >= 4 is 35.6 Å².